The van der Waals surface area contributed by atoms with Gasteiger partial charge >= 0.3 is 0 Å². The van der Waals surface area contributed by atoms with Gasteiger partial charge in [-0.3, -0.25) is 9.59 Å². The number of nitrogens with zero attached hydrogens (tertiary/aromatic N) is 1. The van der Waals surface area contributed by atoms with E-state index in [1.54, 1.807) is 18.1 Å². The fraction of sp³-hybridized carbons (Fsp3) is 0.333. The van der Waals surface area contributed by atoms with Crippen molar-refractivity contribution >= 4 is 11.8 Å². The summed E-state index contributed by atoms with van der Waals surface area (Å²) in [7, 11) is 0. The summed E-state index contributed by atoms with van der Waals surface area (Å²) in [5, 5.41) is 10.1. The fourth-order valence-corrected chi connectivity index (χ4v) is 3.19. The molecule has 24 heavy (non-hydrogen) atoms. The van der Waals surface area contributed by atoms with E-state index < -0.39 is 12.0 Å². The number of carbonyl (C=O) groups is 2. The molecule has 0 bridgehead atoms. The van der Waals surface area contributed by atoms with Crippen LogP contribution in [0.15, 0.2) is 41.0 Å². The van der Waals surface area contributed by atoms with E-state index in [4.69, 9.17) is 10.2 Å². The second-order valence-electron chi connectivity index (χ2n) is 6.15. The zero-order valence-corrected chi connectivity index (χ0v) is 13.4. The van der Waals surface area contributed by atoms with Crippen LogP contribution in [0.5, 0.6) is 0 Å². The van der Waals surface area contributed by atoms with E-state index >= 15 is 0 Å². The molecule has 0 unspecified atom stereocenters. The first-order valence-electron chi connectivity index (χ1n) is 7.86. The fourth-order valence-electron chi connectivity index (χ4n) is 3.19. The van der Waals surface area contributed by atoms with Gasteiger partial charge in [0.15, 0.2) is 0 Å². The highest BCUT2D eigenvalue weighted by atomic mass is 16.3. The number of amides is 2. The summed E-state index contributed by atoms with van der Waals surface area (Å²) in [6, 6.07) is 9.53. The topological polar surface area (TPSA) is 96.8 Å². The number of benzene rings is 1. The Balaban J connectivity index is 1.87. The summed E-state index contributed by atoms with van der Waals surface area (Å²) in [5.41, 5.74) is 7.32. The number of β-amino-alcohol motifs (C(OH)–C–C–N with tert-alkyl or cyclic N) is 1. The molecule has 1 saturated heterocycles. The number of rotatable bonds is 4. The minimum absolute atomic E-state index is 0.0703. The lowest BCUT2D eigenvalue weighted by molar-refractivity contribution is -0.119. The van der Waals surface area contributed by atoms with Crippen molar-refractivity contribution in [2.45, 2.75) is 19.4 Å². The maximum atomic E-state index is 12.9. The van der Waals surface area contributed by atoms with Gasteiger partial charge in [-0.2, -0.15) is 0 Å². The SMILES string of the molecule is Cc1occ(-c2ccccc2)c1C(=O)N1C[C@@H](CC(N)=O)[C@H](O)C1. The van der Waals surface area contributed by atoms with Crippen molar-refractivity contribution in [1.29, 1.82) is 0 Å². The molecule has 1 aromatic heterocycles. The third kappa shape index (κ3) is 3.05. The molecule has 6 heteroatoms. The van der Waals surface area contributed by atoms with Crippen molar-refractivity contribution in [3.05, 3.63) is 47.9 Å². The number of likely N-dealkylation sites (tertiary alicyclic amines) is 1. The number of furan rings is 1. The van der Waals surface area contributed by atoms with Crippen molar-refractivity contribution in [3.63, 3.8) is 0 Å². The third-order valence-corrected chi connectivity index (χ3v) is 4.43. The van der Waals surface area contributed by atoms with Gasteiger partial charge in [0.05, 0.1) is 17.9 Å². The Morgan fingerprint density at radius 2 is 2.00 bits per heavy atom. The van der Waals surface area contributed by atoms with Crippen molar-refractivity contribution in [1.82, 2.24) is 4.90 Å². The normalized spacial score (nSPS) is 20.3. The molecule has 0 aliphatic carbocycles. The maximum absolute atomic E-state index is 12.9. The predicted octanol–water partition coefficient (Wildman–Crippen LogP) is 1.56. The Hall–Kier alpha value is -2.60. The third-order valence-electron chi connectivity index (χ3n) is 4.43. The van der Waals surface area contributed by atoms with Gasteiger partial charge in [-0.25, -0.2) is 0 Å². The van der Waals surface area contributed by atoms with Gasteiger partial charge < -0.3 is 20.2 Å². The van der Waals surface area contributed by atoms with Crippen LogP contribution in [-0.2, 0) is 4.79 Å². The molecule has 0 saturated carbocycles. The molecule has 1 aliphatic heterocycles. The van der Waals surface area contributed by atoms with Gasteiger partial charge in [-0.15, -0.1) is 0 Å². The molecule has 0 spiro atoms. The lowest BCUT2D eigenvalue weighted by Gasteiger charge is -2.16. The van der Waals surface area contributed by atoms with Crippen LogP contribution >= 0.6 is 0 Å². The van der Waals surface area contributed by atoms with E-state index in [0.717, 1.165) is 11.1 Å². The van der Waals surface area contributed by atoms with E-state index in [0.29, 0.717) is 17.9 Å². The molecule has 2 aromatic rings. The largest absolute Gasteiger partial charge is 0.468 e. The smallest absolute Gasteiger partial charge is 0.258 e. The lowest BCUT2D eigenvalue weighted by Crippen LogP contribution is -2.30. The average Bonchev–Trinajstić information content (AvgIpc) is 3.11. The van der Waals surface area contributed by atoms with Crippen LogP contribution in [0.4, 0.5) is 0 Å². The number of primary amides is 1. The average molecular weight is 328 g/mol. The highest BCUT2D eigenvalue weighted by molar-refractivity contribution is 6.02. The highest BCUT2D eigenvalue weighted by Crippen LogP contribution is 2.31. The molecule has 0 radical (unpaired) electrons. The quantitative estimate of drug-likeness (QED) is 0.890. The number of carbonyl (C=O) groups excluding carboxylic acids is 2. The molecule has 126 valence electrons. The monoisotopic (exact) mass is 328 g/mol. The lowest BCUT2D eigenvalue weighted by atomic mass is 10.0. The molecule has 3 N–H and O–H groups in total. The Kier molecular flexibility index (Phi) is 4.40. The second-order valence-corrected chi connectivity index (χ2v) is 6.15. The van der Waals surface area contributed by atoms with E-state index in [9.17, 15) is 14.7 Å². The molecule has 3 rings (SSSR count). The molecule has 1 fully saturated rings. The molecule has 2 heterocycles. The van der Waals surface area contributed by atoms with Gasteiger partial charge in [-0.05, 0) is 12.5 Å². The summed E-state index contributed by atoms with van der Waals surface area (Å²) in [6.07, 6.45) is 0.903. The van der Waals surface area contributed by atoms with Crippen LogP contribution in [0.25, 0.3) is 11.1 Å². The van der Waals surface area contributed by atoms with E-state index in [-0.39, 0.29) is 24.8 Å². The Morgan fingerprint density at radius 1 is 1.29 bits per heavy atom. The molecule has 2 amide bonds. The van der Waals surface area contributed by atoms with Crippen molar-refractivity contribution < 1.29 is 19.1 Å². The first-order chi connectivity index (χ1) is 11.5. The van der Waals surface area contributed by atoms with E-state index in [1.165, 1.54) is 0 Å². The Morgan fingerprint density at radius 3 is 2.67 bits per heavy atom. The standard InChI is InChI=1S/C18H20N2O4/c1-11-17(14(10-24-11)12-5-3-2-4-6-12)18(23)20-8-13(7-16(19)22)15(21)9-20/h2-6,10,13,15,21H,7-9H2,1H3,(H2,19,22)/t13-,15-/m1/s1. The predicted molar refractivity (Wildman–Crippen MR) is 88.1 cm³/mol. The zero-order chi connectivity index (χ0) is 17.3. The van der Waals surface area contributed by atoms with Crippen LogP contribution in [0.3, 0.4) is 0 Å². The molecule has 2 atom stereocenters. The second kappa shape index (κ2) is 6.49. The first-order valence-corrected chi connectivity index (χ1v) is 7.86. The summed E-state index contributed by atoms with van der Waals surface area (Å²) in [6.45, 7) is 2.24. The highest BCUT2D eigenvalue weighted by Gasteiger charge is 2.36. The molecular weight excluding hydrogens is 308 g/mol. The molecule has 6 nitrogen and oxygen atoms in total. The van der Waals surface area contributed by atoms with Gasteiger partial charge in [0.1, 0.15) is 5.76 Å². The van der Waals surface area contributed by atoms with Gasteiger partial charge in [0.25, 0.3) is 5.91 Å². The number of nitrogens with two attached hydrogens (primary N) is 1. The first kappa shape index (κ1) is 16.3. The molecule has 1 aromatic carbocycles. The summed E-state index contributed by atoms with van der Waals surface area (Å²) in [5.74, 6) is -0.463. The number of aryl methyl sites for hydroxylation is 1. The summed E-state index contributed by atoms with van der Waals surface area (Å²) in [4.78, 5) is 25.6. The molecule has 1 aliphatic rings. The minimum atomic E-state index is -0.742. The zero-order valence-electron chi connectivity index (χ0n) is 13.4. The number of aliphatic hydroxyl groups excluding tert-OH is 1. The Bertz CT molecular complexity index is 754. The van der Waals surface area contributed by atoms with Crippen LogP contribution < -0.4 is 5.73 Å². The van der Waals surface area contributed by atoms with Crippen LogP contribution in [0, 0.1) is 12.8 Å². The van der Waals surface area contributed by atoms with Gasteiger partial charge in [0, 0.05) is 31.0 Å². The number of hydrogen-bond acceptors (Lipinski definition) is 4. The summed E-state index contributed by atoms with van der Waals surface area (Å²) >= 11 is 0. The van der Waals surface area contributed by atoms with Crippen molar-refractivity contribution in [3.8, 4) is 11.1 Å². The molecular formula is C18H20N2O4. The van der Waals surface area contributed by atoms with E-state index in [2.05, 4.69) is 0 Å². The van der Waals surface area contributed by atoms with E-state index in [1.807, 2.05) is 30.3 Å². The van der Waals surface area contributed by atoms with Crippen LogP contribution in [-0.4, -0.2) is 41.0 Å². The van der Waals surface area contributed by atoms with Crippen LogP contribution in [0.2, 0.25) is 0 Å². The Labute approximate surface area is 139 Å². The van der Waals surface area contributed by atoms with Crippen molar-refractivity contribution in [2.75, 3.05) is 13.1 Å². The van der Waals surface area contributed by atoms with Gasteiger partial charge in [0.2, 0.25) is 5.91 Å². The summed E-state index contributed by atoms with van der Waals surface area (Å²) < 4.78 is 5.46. The van der Waals surface area contributed by atoms with Gasteiger partial charge in [-0.1, -0.05) is 30.3 Å². The van der Waals surface area contributed by atoms with Crippen LogP contribution in [0.1, 0.15) is 22.5 Å². The minimum Gasteiger partial charge on any atom is -0.468 e. The maximum Gasteiger partial charge on any atom is 0.258 e. The van der Waals surface area contributed by atoms with Crippen molar-refractivity contribution in [2.24, 2.45) is 11.7 Å². The number of hydrogen-bond donors (Lipinski definition) is 2. The number of aliphatic hydroxyl groups is 1.